The van der Waals surface area contributed by atoms with E-state index in [9.17, 15) is 18.4 Å². The van der Waals surface area contributed by atoms with Gasteiger partial charge in [-0.15, -0.1) is 0 Å². The summed E-state index contributed by atoms with van der Waals surface area (Å²) in [4.78, 5) is 24.2. The van der Waals surface area contributed by atoms with Crippen LogP contribution in [0.25, 0.3) is 5.69 Å². The second kappa shape index (κ2) is 7.45. The highest BCUT2D eigenvalue weighted by molar-refractivity contribution is 6.30. The molecule has 0 bridgehead atoms. The van der Waals surface area contributed by atoms with Gasteiger partial charge in [0.2, 0.25) is 0 Å². The van der Waals surface area contributed by atoms with Gasteiger partial charge in [0.05, 0.1) is 10.7 Å². The summed E-state index contributed by atoms with van der Waals surface area (Å²) < 4.78 is 27.2. The molecule has 0 aliphatic carbocycles. The molecule has 3 rings (SSSR count). The maximum Gasteiger partial charge on any atom is 0.272 e. The molecule has 1 heterocycles. The van der Waals surface area contributed by atoms with Crippen LogP contribution >= 0.6 is 11.6 Å². The Labute approximate surface area is 151 Å². The van der Waals surface area contributed by atoms with Crippen LogP contribution in [-0.2, 0) is 6.54 Å². The van der Waals surface area contributed by atoms with Crippen molar-refractivity contribution in [1.29, 1.82) is 0 Å². The number of rotatable bonds is 4. The number of amides is 1. The summed E-state index contributed by atoms with van der Waals surface area (Å²) >= 11 is 5.70. The van der Waals surface area contributed by atoms with Crippen LogP contribution in [0.2, 0.25) is 5.02 Å². The van der Waals surface area contributed by atoms with Gasteiger partial charge in [-0.3, -0.25) is 9.59 Å². The van der Waals surface area contributed by atoms with Crippen LogP contribution < -0.4 is 10.9 Å². The molecule has 1 aromatic heterocycles. The molecule has 0 fully saturated rings. The van der Waals surface area contributed by atoms with Crippen LogP contribution in [-0.4, -0.2) is 15.7 Å². The predicted octanol–water partition coefficient (Wildman–Crippen LogP) is 3.09. The highest BCUT2D eigenvalue weighted by Crippen LogP contribution is 2.15. The minimum atomic E-state index is -0.546. The van der Waals surface area contributed by atoms with E-state index in [-0.39, 0.29) is 17.3 Å². The fourth-order valence-electron chi connectivity index (χ4n) is 2.22. The van der Waals surface area contributed by atoms with E-state index in [1.807, 2.05) is 0 Å². The molecule has 0 aliphatic heterocycles. The van der Waals surface area contributed by atoms with E-state index in [2.05, 4.69) is 10.4 Å². The van der Waals surface area contributed by atoms with Gasteiger partial charge in [-0.25, -0.2) is 8.78 Å². The van der Waals surface area contributed by atoms with Crippen LogP contribution in [0, 0.1) is 11.6 Å². The first kappa shape index (κ1) is 17.8. The Bertz CT molecular complexity index is 1020. The zero-order chi connectivity index (χ0) is 18.7. The monoisotopic (exact) mass is 375 g/mol. The second-order valence-electron chi connectivity index (χ2n) is 5.38. The lowest BCUT2D eigenvalue weighted by atomic mass is 10.2. The molecule has 0 saturated carbocycles. The van der Waals surface area contributed by atoms with E-state index < -0.39 is 23.1 Å². The summed E-state index contributed by atoms with van der Waals surface area (Å²) in [6.45, 7) is 0.107. The van der Waals surface area contributed by atoms with Gasteiger partial charge in [0.25, 0.3) is 11.5 Å². The van der Waals surface area contributed by atoms with Gasteiger partial charge in [-0.1, -0.05) is 17.7 Å². The molecule has 8 heteroatoms. The lowest BCUT2D eigenvalue weighted by Crippen LogP contribution is -2.28. The Balaban J connectivity index is 1.79. The van der Waals surface area contributed by atoms with E-state index in [0.717, 1.165) is 4.68 Å². The van der Waals surface area contributed by atoms with E-state index in [1.54, 1.807) is 0 Å². The summed E-state index contributed by atoms with van der Waals surface area (Å²) in [5, 5.41) is 6.57. The largest absolute Gasteiger partial charge is 0.347 e. The minimum absolute atomic E-state index is 0.00198. The molecule has 1 amide bonds. The number of benzene rings is 2. The Morgan fingerprint density at radius 1 is 1.08 bits per heavy atom. The molecule has 3 aromatic rings. The van der Waals surface area contributed by atoms with Crippen LogP contribution in [0.5, 0.6) is 0 Å². The molecule has 132 valence electrons. The number of carbonyl (C=O) groups excluding carboxylic acids is 1. The van der Waals surface area contributed by atoms with E-state index in [1.165, 1.54) is 54.6 Å². The third-order valence-electron chi connectivity index (χ3n) is 3.54. The summed E-state index contributed by atoms with van der Waals surface area (Å²) in [7, 11) is 0. The van der Waals surface area contributed by atoms with Crippen molar-refractivity contribution in [2.24, 2.45) is 0 Å². The van der Waals surface area contributed by atoms with Crippen molar-refractivity contribution in [2.75, 3.05) is 0 Å². The molecular formula is C18H12ClF2N3O2. The highest BCUT2D eigenvalue weighted by atomic mass is 35.5. The lowest BCUT2D eigenvalue weighted by Gasteiger charge is -2.08. The van der Waals surface area contributed by atoms with Gasteiger partial charge in [-0.05, 0) is 48.0 Å². The van der Waals surface area contributed by atoms with Crippen molar-refractivity contribution in [3.05, 3.63) is 92.9 Å². The first-order chi connectivity index (χ1) is 12.4. The fourth-order valence-corrected chi connectivity index (χ4v) is 2.43. The average molecular weight is 376 g/mol. The molecule has 0 atom stereocenters. The molecular weight excluding hydrogens is 364 g/mol. The number of aromatic nitrogens is 2. The van der Waals surface area contributed by atoms with Crippen molar-refractivity contribution < 1.29 is 13.6 Å². The van der Waals surface area contributed by atoms with Gasteiger partial charge in [0, 0.05) is 12.6 Å². The highest BCUT2D eigenvalue weighted by Gasteiger charge is 2.11. The van der Waals surface area contributed by atoms with Crippen LogP contribution in [0.15, 0.2) is 59.4 Å². The van der Waals surface area contributed by atoms with Crippen molar-refractivity contribution in [1.82, 2.24) is 15.1 Å². The molecule has 0 unspecified atom stereocenters. The SMILES string of the molecule is O=C(NCc1ccc(F)c(Cl)c1)c1ccc(=O)n(-c2ccc(F)cc2)n1. The number of nitrogens with zero attached hydrogens (tertiary/aromatic N) is 2. The first-order valence-electron chi connectivity index (χ1n) is 7.52. The molecule has 0 spiro atoms. The summed E-state index contributed by atoms with van der Waals surface area (Å²) in [6, 6.07) is 11.7. The van der Waals surface area contributed by atoms with Crippen LogP contribution in [0.1, 0.15) is 16.1 Å². The third-order valence-corrected chi connectivity index (χ3v) is 3.83. The molecule has 26 heavy (non-hydrogen) atoms. The van der Waals surface area contributed by atoms with Crippen LogP contribution in [0.3, 0.4) is 0 Å². The number of hydrogen-bond acceptors (Lipinski definition) is 3. The topological polar surface area (TPSA) is 64.0 Å². The molecule has 1 N–H and O–H groups in total. The van der Waals surface area contributed by atoms with Crippen molar-refractivity contribution in [3.63, 3.8) is 0 Å². The van der Waals surface area contributed by atoms with Gasteiger partial charge < -0.3 is 5.32 Å². The quantitative estimate of drug-likeness (QED) is 0.762. The summed E-state index contributed by atoms with van der Waals surface area (Å²) in [5.74, 6) is -1.52. The standard InChI is InChI=1S/C18H12ClF2N3O2/c19-14-9-11(1-6-15(14)21)10-22-18(26)16-7-8-17(25)24(23-16)13-4-2-12(20)3-5-13/h1-9H,10H2,(H,22,26). The van der Waals surface area contributed by atoms with Crippen LogP contribution in [0.4, 0.5) is 8.78 Å². The second-order valence-corrected chi connectivity index (χ2v) is 5.78. The average Bonchev–Trinajstić information content (AvgIpc) is 2.63. The lowest BCUT2D eigenvalue weighted by molar-refractivity contribution is 0.0944. The molecule has 5 nitrogen and oxygen atoms in total. The number of halogens is 3. The summed E-state index contributed by atoms with van der Waals surface area (Å²) in [5.41, 5.74) is 0.480. The van der Waals surface area contributed by atoms with Gasteiger partial charge in [-0.2, -0.15) is 9.78 Å². The third kappa shape index (κ3) is 3.94. The molecule has 0 aliphatic rings. The smallest absolute Gasteiger partial charge is 0.272 e. The van der Waals surface area contributed by atoms with Gasteiger partial charge >= 0.3 is 0 Å². The van der Waals surface area contributed by atoms with E-state index in [0.29, 0.717) is 11.3 Å². The van der Waals surface area contributed by atoms with Crippen molar-refractivity contribution in [3.8, 4) is 5.69 Å². The van der Waals surface area contributed by atoms with Gasteiger partial charge in [0.15, 0.2) is 0 Å². The molecule has 0 saturated heterocycles. The Hall–Kier alpha value is -3.06. The number of carbonyl (C=O) groups is 1. The summed E-state index contributed by atoms with van der Waals surface area (Å²) in [6.07, 6.45) is 0. The van der Waals surface area contributed by atoms with Crippen molar-refractivity contribution >= 4 is 17.5 Å². The molecule has 0 radical (unpaired) electrons. The Kier molecular flexibility index (Phi) is 5.09. The van der Waals surface area contributed by atoms with E-state index in [4.69, 9.17) is 11.6 Å². The maximum atomic E-state index is 13.1. The Morgan fingerprint density at radius 2 is 1.81 bits per heavy atom. The normalized spacial score (nSPS) is 10.6. The van der Waals surface area contributed by atoms with Crippen molar-refractivity contribution in [2.45, 2.75) is 6.54 Å². The predicted molar refractivity (Wildman–Crippen MR) is 92.4 cm³/mol. The number of hydrogen-bond donors (Lipinski definition) is 1. The first-order valence-corrected chi connectivity index (χ1v) is 7.90. The van der Waals surface area contributed by atoms with E-state index >= 15 is 0 Å². The molecule has 2 aromatic carbocycles. The zero-order valence-electron chi connectivity index (χ0n) is 13.2. The number of nitrogens with one attached hydrogen (secondary N) is 1. The maximum absolute atomic E-state index is 13.1. The minimum Gasteiger partial charge on any atom is -0.347 e. The van der Waals surface area contributed by atoms with Gasteiger partial charge in [0.1, 0.15) is 17.3 Å². The Morgan fingerprint density at radius 3 is 2.50 bits per heavy atom. The zero-order valence-corrected chi connectivity index (χ0v) is 14.0. The fraction of sp³-hybridized carbons (Fsp3) is 0.0556.